The number of hydrogen-bond donors (Lipinski definition) is 1. The molecule has 0 radical (unpaired) electrons. The van der Waals surface area contributed by atoms with Crippen LogP contribution in [0.2, 0.25) is 0 Å². The number of methoxy groups -OCH3 is 1. The van der Waals surface area contributed by atoms with Crippen LogP contribution in [-0.2, 0) is 16.0 Å². The third kappa shape index (κ3) is 6.13. The van der Waals surface area contributed by atoms with Crippen LogP contribution in [0, 0.1) is 6.92 Å². The fourth-order valence-corrected chi connectivity index (χ4v) is 3.03. The van der Waals surface area contributed by atoms with E-state index in [1.165, 1.54) is 12.1 Å². The van der Waals surface area contributed by atoms with Crippen molar-refractivity contribution in [2.45, 2.75) is 20.0 Å². The average molecular weight is 444 g/mol. The molecule has 1 aromatic heterocycles. The smallest absolute Gasteiger partial charge is 0.387 e. The maximum Gasteiger partial charge on any atom is 0.387 e. The number of hydrogen-bond acceptors (Lipinski definition) is 6. The fraction of sp³-hybridized carbons (Fsp3) is 0.261. The number of aromatic nitrogens is 1. The van der Waals surface area contributed by atoms with E-state index < -0.39 is 25.1 Å². The molecule has 1 heterocycles. The number of fused-ring (bicyclic) bond motifs is 1. The van der Waals surface area contributed by atoms with Gasteiger partial charge in [-0.2, -0.15) is 8.78 Å². The molecule has 0 spiro atoms. The third-order valence-corrected chi connectivity index (χ3v) is 4.65. The number of aryl methyl sites for hydroxylation is 1. The summed E-state index contributed by atoms with van der Waals surface area (Å²) in [6, 6.07) is 13.1. The van der Waals surface area contributed by atoms with Crippen molar-refractivity contribution < 1.29 is 32.6 Å². The number of amides is 1. The van der Waals surface area contributed by atoms with E-state index in [1.807, 2.05) is 0 Å². The SMILES string of the molecule is COc1ccc2nc(C)c(C(=O)OCC(=O)NCCc3ccc(OC(F)F)cc3)cc2c1. The molecular formula is C23H22F2N2O5. The number of carbonyl (C=O) groups excluding carboxylic acids is 2. The highest BCUT2D eigenvalue weighted by Gasteiger charge is 2.15. The molecule has 3 aromatic rings. The molecule has 0 aliphatic heterocycles. The quantitative estimate of drug-likeness (QED) is 0.507. The van der Waals surface area contributed by atoms with Crippen molar-refractivity contribution in [2.24, 2.45) is 0 Å². The molecule has 0 unspecified atom stereocenters. The van der Waals surface area contributed by atoms with Gasteiger partial charge >= 0.3 is 12.6 Å². The first-order valence-electron chi connectivity index (χ1n) is 9.78. The van der Waals surface area contributed by atoms with Gasteiger partial charge in [-0.25, -0.2) is 4.79 Å². The van der Waals surface area contributed by atoms with E-state index in [0.717, 1.165) is 10.9 Å². The first-order valence-corrected chi connectivity index (χ1v) is 9.78. The zero-order valence-electron chi connectivity index (χ0n) is 17.6. The van der Waals surface area contributed by atoms with E-state index in [4.69, 9.17) is 9.47 Å². The van der Waals surface area contributed by atoms with Gasteiger partial charge in [-0.1, -0.05) is 12.1 Å². The van der Waals surface area contributed by atoms with Crippen molar-refractivity contribution in [1.82, 2.24) is 10.3 Å². The summed E-state index contributed by atoms with van der Waals surface area (Å²) in [5, 5.41) is 3.36. The van der Waals surface area contributed by atoms with Crippen molar-refractivity contribution in [3.05, 3.63) is 65.4 Å². The minimum absolute atomic E-state index is 0.0663. The number of benzene rings is 2. The summed E-state index contributed by atoms with van der Waals surface area (Å²) < 4.78 is 38.9. The molecule has 9 heteroatoms. The van der Waals surface area contributed by atoms with E-state index >= 15 is 0 Å². The van der Waals surface area contributed by atoms with Gasteiger partial charge in [0.05, 0.1) is 23.9 Å². The number of nitrogens with zero attached hydrogens (tertiary/aromatic N) is 1. The number of rotatable bonds is 9. The summed E-state index contributed by atoms with van der Waals surface area (Å²) in [6.45, 7) is -1.32. The highest BCUT2D eigenvalue weighted by Crippen LogP contribution is 2.22. The average Bonchev–Trinajstić information content (AvgIpc) is 2.77. The van der Waals surface area contributed by atoms with Crippen molar-refractivity contribution in [3.8, 4) is 11.5 Å². The van der Waals surface area contributed by atoms with Crippen molar-refractivity contribution in [3.63, 3.8) is 0 Å². The summed E-state index contributed by atoms with van der Waals surface area (Å²) in [5.74, 6) is -0.400. The number of carbonyl (C=O) groups is 2. The summed E-state index contributed by atoms with van der Waals surface area (Å²) in [5.41, 5.74) is 2.31. The van der Waals surface area contributed by atoms with Gasteiger partial charge in [0.15, 0.2) is 6.61 Å². The van der Waals surface area contributed by atoms with Gasteiger partial charge in [0, 0.05) is 11.9 Å². The number of ether oxygens (including phenoxy) is 3. The van der Waals surface area contributed by atoms with Crippen LogP contribution in [0.5, 0.6) is 11.5 Å². The first kappa shape index (κ1) is 22.9. The maximum atomic E-state index is 12.4. The van der Waals surface area contributed by atoms with Gasteiger partial charge in [-0.3, -0.25) is 9.78 Å². The molecule has 7 nitrogen and oxygen atoms in total. The summed E-state index contributed by atoms with van der Waals surface area (Å²) in [7, 11) is 1.55. The molecule has 1 amide bonds. The molecule has 0 atom stereocenters. The van der Waals surface area contributed by atoms with Gasteiger partial charge in [-0.15, -0.1) is 0 Å². The molecule has 2 aromatic carbocycles. The lowest BCUT2D eigenvalue weighted by molar-refractivity contribution is -0.124. The van der Waals surface area contributed by atoms with Crippen LogP contribution < -0.4 is 14.8 Å². The van der Waals surface area contributed by atoms with Crippen molar-refractivity contribution >= 4 is 22.8 Å². The fourth-order valence-electron chi connectivity index (χ4n) is 3.03. The highest BCUT2D eigenvalue weighted by atomic mass is 19.3. The zero-order valence-corrected chi connectivity index (χ0v) is 17.6. The number of pyridine rings is 1. The Labute approximate surface area is 183 Å². The minimum Gasteiger partial charge on any atom is -0.497 e. The molecule has 0 aliphatic rings. The van der Waals surface area contributed by atoms with Crippen molar-refractivity contribution in [1.29, 1.82) is 0 Å². The van der Waals surface area contributed by atoms with Crippen LogP contribution in [0.25, 0.3) is 10.9 Å². The molecule has 0 aliphatic carbocycles. The Hall–Kier alpha value is -3.75. The van der Waals surface area contributed by atoms with E-state index in [9.17, 15) is 18.4 Å². The lowest BCUT2D eigenvalue weighted by Crippen LogP contribution is -2.30. The van der Waals surface area contributed by atoms with E-state index in [1.54, 1.807) is 50.4 Å². The second kappa shape index (κ2) is 10.5. The van der Waals surface area contributed by atoms with Gasteiger partial charge in [0.2, 0.25) is 0 Å². The highest BCUT2D eigenvalue weighted by molar-refractivity contribution is 5.96. The lowest BCUT2D eigenvalue weighted by atomic mass is 10.1. The van der Waals surface area contributed by atoms with Gasteiger partial charge in [0.1, 0.15) is 11.5 Å². The summed E-state index contributed by atoms with van der Waals surface area (Å²) >= 11 is 0. The zero-order chi connectivity index (χ0) is 23.1. The van der Waals surface area contributed by atoms with E-state index in [2.05, 4.69) is 15.0 Å². The summed E-state index contributed by atoms with van der Waals surface area (Å²) in [4.78, 5) is 28.8. The molecule has 0 saturated carbocycles. The molecule has 3 rings (SSSR count). The number of halogens is 2. The minimum atomic E-state index is -2.88. The molecule has 168 valence electrons. The standard InChI is InChI=1S/C23H22F2N2O5/c1-14-19(12-16-11-18(30-2)7-8-20(16)27-14)22(29)31-13-21(28)26-10-9-15-3-5-17(6-4-15)32-23(24)25/h3-8,11-12,23H,9-10,13H2,1-2H3,(H,26,28). The van der Waals surface area contributed by atoms with Crippen LogP contribution in [0.15, 0.2) is 48.5 Å². The van der Waals surface area contributed by atoms with Gasteiger partial charge < -0.3 is 19.5 Å². The monoisotopic (exact) mass is 444 g/mol. The number of nitrogens with one attached hydrogen (secondary N) is 1. The molecule has 0 bridgehead atoms. The normalized spacial score (nSPS) is 10.8. The second-order valence-corrected chi connectivity index (χ2v) is 6.88. The Bertz CT molecular complexity index is 1100. The predicted molar refractivity (Wildman–Crippen MR) is 113 cm³/mol. The van der Waals surface area contributed by atoms with Gasteiger partial charge in [0.25, 0.3) is 5.91 Å². The Morgan fingerprint density at radius 3 is 2.47 bits per heavy atom. The topological polar surface area (TPSA) is 86.8 Å². The molecule has 0 fully saturated rings. The molecule has 32 heavy (non-hydrogen) atoms. The van der Waals surface area contributed by atoms with Crippen LogP contribution in [0.1, 0.15) is 21.6 Å². The second-order valence-electron chi connectivity index (χ2n) is 6.88. The van der Waals surface area contributed by atoms with Crippen molar-refractivity contribution in [2.75, 3.05) is 20.3 Å². The number of alkyl halides is 2. The Kier molecular flexibility index (Phi) is 7.54. The van der Waals surface area contributed by atoms with Crippen LogP contribution >= 0.6 is 0 Å². The van der Waals surface area contributed by atoms with Crippen LogP contribution in [0.4, 0.5) is 8.78 Å². The Morgan fingerprint density at radius 1 is 1.06 bits per heavy atom. The van der Waals surface area contributed by atoms with Crippen LogP contribution in [-0.4, -0.2) is 43.7 Å². The van der Waals surface area contributed by atoms with E-state index in [0.29, 0.717) is 29.9 Å². The van der Waals surface area contributed by atoms with E-state index in [-0.39, 0.29) is 11.3 Å². The Balaban J connectivity index is 1.49. The Morgan fingerprint density at radius 2 is 1.78 bits per heavy atom. The lowest BCUT2D eigenvalue weighted by Gasteiger charge is -2.10. The maximum absolute atomic E-state index is 12.4. The van der Waals surface area contributed by atoms with Gasteiger partial charge in [-0.05, 0) is 55.3 Å². The first-order chi connectivity index (χ1) is 15.4. The molecular weight excluding hydrogens is 422 g/mol. The van der Waals surface area contributed by atoms with Crippen LogP contribution in [0.3, 0.4) is 0 Å². The third-order valence-electron chi connectivity index (χ3n) is 4.65. The summed E-state index contributed by atoms with van der Waals surface area (Å²) in [6.07, 6.45) is 0.476. The molecule has 1 N–H and O–H groups in total. The molecule has 0 saturated heterocycles. The number of esters is 1. The largest absolute Gasteiger partial charge is 0.497 e. The predicted octanol–water partition coefficient (Wildman–Crippen LogP) is 3.67.